The van der Waals surface area contributed by atoms with Crippen molar-refractivity contribution in [3.8, 4) is 44.8 Å². The molecule has 0 atom stereocenters. The average molecular weight is 873 g/mol. The normalized spacial score (nSPS) is 12.6. The first-order chi connectivity index (χ1) is 26.2. The van der Waals surface area contributed by atoms with E-state index in [0.29, 0.717) is 27.8 Å². The van der Waals surface area contributed by atoms with Crippen LogP contribution in [0.3, 0.4) is 0 Å². The largest absolute Gasteiger partial charge is 0.500 e. The molecule has 0 N–H and O–H groups in total. The number of hydrogen-bond acceptors (Lipinski definition) is 4. The van der Waals surface area contributed by atoms with E-state index in [-0.39, 0.29) is 36.5 Å². The van der Waals surface area contributed by atoms with Crippen molar-refractivity contribution >= 4 is 21.9 Å². The minimum atomic E-state index is -2.33. The molecule has 0 amide bonds. The first-order valence-electron chi connectivity index (χ1n) is 19.0. The molecule has 0 aliphatic heterocycles. The van der Waals surface area contributed by atoms with E-state index < -0.39 is 6.85 Å². The fourth-order valence-electron chi connectivity index (χ4n) is 6.19. The van der Waals surface area contributed by atoms with E-state index in [0.717, 1.165) is 44.6 Å². The minimum Gasteiger partial charge on any atom is -0.500 e. The van der Waals surface area contributed by atoms with Gasteiger partial charge in [-0.1, -0.05) is 150 Å². The molecule has 0 aliphatic carbocycles. The Morgan fingerprint density at radius 3 is 2.04 bits per heavy atom. The molecule has 3 heterocycles. The second kappa shape index (κ2) is 15.4. The molecule has 53 heavy (non-hydrogen) atoms. The molecule has 1 radical (unpaired) electrons. The molecule has 0 bridgehead atoms. The van der Waals surface area contributed by atoms with Crippen molar-refractivity contribution in [2.45, 2.75) is 59.2 Å². The first-order valence-corrected chi connectivity index (χ1v) is 17.5. The maximum absolute atomic E-state index is 8.23. The van der Waals surface area contributed by atoms with Gasteiger partial charge in [0, 0.05) is 52.5 Å². The van der Waals surface area contributed by atoms with E-state index in [2.05, 4.69) is 117 Å². The van der Waals surface area contributed by atoms with Gasteiger partial charge in [-0.25, -0.2) is 4.98 Å². The van der Waals surface area contributed by atoms with Gasteiger partial charge in [0.25, 0.3) is 0 Å². The van der Waals surface area contributed by atoms with Crippen LogP contribution in [0.1, 0.15) is 62.5 Å². The molecule has 5 heteroatoms. The van der Waals surface area contributed by atoms with E-state index in [1.54, 1.807) is 6.07 Å². The van der Waals surface area contributed by atoms with E-state index in [1.165, 1.54) is 11.9 Å². The smallest absolute Gasteiger partial charge is 0.128 e. The molecular weight excluding hydrogens is 827 g/mol. The maximum atomic E-state index is 8.23. The molecule has 5 aromatic carbocycles. The Bertz CT molecular complexity index is 2570. The number of hydrogen-bond donors (Lipinski definition) is 0. The van der Waals surface area contributed by atoms with Gasteiger partial charge < -0.3 is 9.40 Å². The van der Waals surface area contributed by atoms with Crippen LogP contribution < -0.4 is 0 Å². The van der Waals surface area contributed by atoms with Crippen LogP contribution in [-0.2, 0) is 30.9 Å². The number of fused-ring (bicyclic) bond motifs is 3. The second-order valence-electron chi connectivity index (χ2n) is 15.0. The summed E-state index contributed by atoms with van der Waals surface area (Å²) in [5, 5.41) is 1.32. The van der Waals surface area contributed by atoms with Crippen LogP contribution in [0.15, 0.2) is 138 Å². The summed E-state index contributed by atoms with van der Waals surface area (Å²) in [6.45, 7) is 10.5. The van der Waals surface area contributed by atoms with Crippen molar-refractivity contribution in [1.29, 1.82) is 0 Å². The summed E-state index contributed by atoms with van der Waals surface area (Å²) in [5.74, 6) is 0. The van der Waals surface area contributed by atoms with E-state index in [9.17, 15) is 0 Å². The van der Waals surface area contributed by atoms with Gasteiger partial charge in [-0.05, 0) is 39.1 Å². The van der Waals surface area contributed by atoms with E-state index >= 15 is 0 Å². The number of nitrogens with zero attached hydrogens (tertiary/aromatic N) is 3. The van der Waals surface area contributed by atoms with Crippen LogP contribution in [0.4, 0.5) is 0 Å². The molecule has 4 nitrogen and oxygen atoms in total. The number of para-hydroxylation sites is 1. The van der Waals surface area contributed by atoms with Gasteiger partial charge in [-0.2, -0.15) is 0 Å². The Morgan fingerprint density at radius 2 is 1.38 bits per heavy atom. The second-order valence-corrected chi connectivity index (χ2v) is 15.0. The first kappa shape index (κ1) is 33.6. The summed E-state index contributed by atoms with van der Waals surface area (Å²) < 4.78 is 31.2. The third-order valence-corrected chi connectivity index (χ3v) is 9.18. The topological polar surface area (TPSA) is 51.8 Å². The average Bonchev–Trinajstić information content (AvgIpc) is 3.58. The number of rotatable bonds is 4. The van der Waals surface area contributed by atoms with Crippen LogP contribution >= 0.6 is 0 Å². The Hall–Kier alpha value is -5.22. The third-order valence-electron chi connectivity index (χ3n) is 9.18. The molecule has 0 spiro atoms. The van der Waals surface area contributed by atoms with Crippen molar-refractivity contribution in [2.24, 2.45) is 0 Å². The number of benzene rings is 5. The summed E-state index contributed by atoms with van der Waals surface area (Å²) in [5.41, 5.74) is 10.9. The van der Waals surface area contributed by atoms with Crippen LogP contribution in [-0.4, -0.2) is 15.0 Å². The molecule has 0 saturated carbocycles. The molecule has 8 rings (SSSR count). The van der Waals surface area contributed by atoms with Gasteiger partial charge in [0.05, 0.1) is 5.58 Å². The molecule has 0 aliphatic rings. The molecule has 0 unspecified atom stereocenters. The molecule has 0 saturated heterocycles. The predicted molar refractivity (Wildman–Crippen MR) is 215 cm³/mol. The van der Waals surface area contributed by atoms with Gasteiger partial charge in [0.1, 0.15) is 11.9 Å². The number of pyridine rings is 1. The fourth-order valence-corrected chi connectivity index (χ4v) is 6.19. The summed E-state index contributed by atoms with van der Waals surface area (Å²) in [7, 11) is 0. The minimum absolute atomic E-state index is 0. The van der Waals surface area contributed by atoms with Gasteiger partial charge in [0.2, 0.25) is 0 Å². The van der Waals surface area contributed by atoms with Crippen molar-refractivity contribution < 1.29 is 28.6 Å². The summed E-state index contributed by atoms with van der Waals surface area (Å²) in [6, 6.07) is 46.4. The zero-order valence-corrected chi connectivity index (χ0v) is 33.2. The summed E-state index contributed by atoms with van der Waals surface area (Å²) in [6.07, 6.45) is 3.49. The Morgan fingerprint density at radius 1 is 0.642 bits per heavy atom. The van der Waals surface area contributed by atoms with Crippen LogP contribution in [0.2, 0.25) is 0 Å². The fraction of sp³-hybridized carbons (Fsp3) is 0.188. The summed E-state index contributed by atoms with van der Waals surface area (Å²) >= 11 is 0. The SMILES string of the molecule is CC(C)(C)c1ccc(-c2[c-]cccc2)nc1.[2H]C([2H])([2H])c1c[c-]c(-c2cc(C(C)(C)C)ncn2)c2oc3c(-c4ccc(-c5ccccc5)cc4)cccc3c12.[Ir]. The van der Waals surface area contributed by atoms with Crippen molar-refractivity contribution in [1.82, 2.24) is 15.0 Å². The Labute approximate surface area is 331 Å². The van der Waals surface area contributed by atoms with E-state index in [1.807, 2.05) is 72.9 Å². The number of furan rings is 1. The monoisotopic (exact) mass is 873 g/mol. The Kier molecular flexibility index (Phi) is 9.77. The third kappa shape index (κ3) is 8.07. The molecular formula is C48H43IrN3O-2. The van der Waals surface area contributed by atoms with Crippen LogP contribution in [0.25, 0.3) is 66.7 Å². The van der Waals surface area contributed by atoms with E-state index in [4.69, 9.17) is 8.53 Å². The molecule has 8 aromatic rings. The zero-order valence-electron chi connectivity index (χ0n) is 33.8. The van der Waals surface area contributed by atoms with Crippen molar-refractivity contribution in [3.05, 3.63) is 163 Å². The standard InChI is InChI=1S/C33H27N2O.C15H16N.Ir/c1-21-13-18-26(28-19-29(33(2,3)4)35-20-34-28)32-30(21)27-12-8-11-25(31(27)36-32)24-16-14-23(15-17-24)22-9-6-5-7-10-22;1-15(2,3)13-9-10-14(16-11-13)12-7-5-4-6-8-12;/h5-17,19-20H,1-4H3;4-7,9-11H,1-3H3;/q2*-1;/i1D3;;. The zero-order chi connectivity index (χ0) is 39.0. The number of aryl methyl sites for hydroxylation is 1. The molecule has 267 valence electrons. The van der Waals surface area contributed by atoms with Gasteiger partial charge in [0.15, 0.2) is 0 Å². The van der Waals surface area contributed by atoms with Crippen LogP contribution in [0, 0.1) is 19.0 Å². The predicted octanol–water partition coefficient (Wildman–Crippen LogP) is 12.6. The Balaban J connectivity index is 0.000000263. The van der Waals surface area contributed by atoms with Crippen molar-refractivity contribution in [2.75, 3.05) is 0 Å². The van der Waals surface area contributed by atoms with Crippen molar-refractivity contribution in [3.63, 3.8) is 0 Å². The van der Waals surface area contributed by atoms with Gasteiger partial charge in [-0.3, -0.25) is 4.98 Å². The molecule has 0 fully saturated rings. The van der Waals surface area contributed by atoms with Gasteiger partial charge >= 0.3 is 0 Å². The summed E-state index contributed by atoms with van der Waals surface area (Å²) in [4.78, 5) is 13.4. The van der Waals surface area contributed by atoms with Gasteiger partial charge in [-0.15, -0.1) is 53.6 Å². The molecule has 3 aromatic heterocycles. The quantitative estimate of drug-likeness (QED) is 0.165. The van der Waals surface area contributed by atoms with Crippen LogP contribution in [0.5, 0.6) is 0 Å². The maximum Gasteiger partial charge on any atom is 0.128 e. The number of aromatic nitrogens is 3.